The van der Waals surface area contributed by atoms with Crippen LogP contribution < -0.4 is 15.6 Å². The zero-order valence-corrected chi connectivity index (χ0v) is 19.5. The highest BCUT2D eigenvalue weighted by atomic mass is 16.5. The molecule has 2 aromatic carbocycles. The van der Waals surface area contributed by atoms with Gasteiger partial charge in [0.2, 0.25) is 5.88 Å². The number of fused-ring (bicyclic) bond motifs is 1. The molecule has 35 heavy (non-hydrogen) atoms. The predicted octanol–water partition coefficient (Wildman–Crippen LogP) is 4.37. The van der Waals surface area contributed by atoms with Gasteiger partial charge in [0.15, 0.2) is 0 Å². The van der Waals surface area contributed by atoms with E-state index in [-0.39, 0.29) is 17.0 Å². The summed E-state index contributed by atoms with van der Waals surface area (Å²) in [6.45, 7) is 4.22. The van der Waals surface area contributed by atoms with Crippen LogP contribution in [0.1, 0.15) is 22.3 Å². The van der Waals surface area contributed by atoms with Crippen molar-refractivity contribution >= 4 is 17.6 Å². The Kier molecular flexibility index (Phi) is 7.03. The molecule has 0 saturated carbocycles. The molecule has 0 aliphatic carbocycles. The van der Waals surface area contributed by atoms with Crippen LogP contribution in [0.15, 0.2) is 83.3 Å². The molecule has 7 nitrogen and oxygen atoms in total. The second kappa shape index (κ2) is 10.5. The molecule has 0 bridgehead atoms. The first-order valence-electron chi connectivity index (χ1n) is 11.2. The van der Waals surface area contributed by atoms with E-state index in [1.165, 1.54) is 10.5 Å². The van der Waals surface area contributed by atoms with Crippen LogP contribution >= 0.6 is 0 Å². The minimum atomic E-state index is -0.571. The maximum Gasteiger partial charge on any atom is 0.269 e. The van der Waals surface area contributed by atoms with Crippen LogP contribution in [0, 0.1) is 25.2 Å². The molecule has 0 radical (unpaired) electrons. The van der Waals surface area contributed by atoms with Crippen molar-refractivity contribution in [2.45, 2.75) is 20.3 Å². The summed E-state index contributed by atoms with van der Waals surface area (Å²) < 4.78 is 7.42. The Morgan fingerprint density at radius 3 is 2.63 bits per heavy atom. The minimum absolute atomic E-state index is 0.0179. The van der Waals surface area contributed by atoms with E-state index < -0.39 is 11.5 Å². The average Bonchev–Trinajstić information content (AvgIpc) is 2.87. The van der Waals surface area contributed by atoms with Crippen molar-refractivity contribution in [3.63, 3.8) is 0 Å². The lowest BCUT2D eigenvalue weighted by atomic mass is 10.1. The molecule has 4 aromatic rings. The first kappa shape index (κ1) is 23.5. The quantitative estimate of drug-likeness (QED) is 0.324. The summed E-state index contributed by atoms with van der Waals surface area (Å²) in [6.07, 6.45) is 3.44. The molecule has 2 heterocycles. The lowest BCUT2D eigenvalue weighted by Gasteiger charge is -2.13. The summed E-state index contributed by atoms with van der Waals surface area (Å²) >= 11 is 0. The Morgan fingerprint density at radius 2 is 1.86 bits per heavy atom. The highest BCUT2D eigenvalue weighted by Crippen LogP contribution is 2.28. The summed E-state index contributed by atoms with van der Waals surface area (Å²) in [6, 6.07) is 22.4. The molecule has 1 N–H and O–H groups in total. The zero-order chi connectivity index (χ0) is 24.8. The van der Waals surface area contributed by atoms with Gasteiger partial charge in [0, 0.05) is 12.7 Å². The molecule has 0 aliphatic heterocycles. The summed E-state index contributed by atoms with van der Waals surface area (Å²) in [7, 11) is 0. The van der Waals surface area contributed by atoms with Crippen LogP contribution in [-0.2, 0) is 11.2 Å². The van der Waals surface area contributed by atoms with E-state index in [1.54, 1.807) is 30.5 Å². The van der Waals surface area contributed by atoms with Gasteiger partial charge >= 0.3 is 0 Å². The van der Waals surface area contributed by atoms with Gasteiger partial charge in [0.25, 0.3) is 11.5 Å². The summed E-state index contributed by atoms with van der Waals surface area (Å²) in [5.41, 5.74) is 2.74. The number of aromatic nitrogens is 2. The summed E-state index contributed by atoms with van der Waals surface area (Å²) in [4.78, 5) is 30.6. The molecule has 0 aliphatic rings. The number of rotatable bonds is 7. The van der Waals surface area contributed by atoms with Crippen LogP contribution in [0.2, 0.25) is 0 Å². The van der Waals surface area contributed by atoms with Crippen molar-refractivity contribution in [2.75, 3.05) is 6.54 Å². The van der Waals surface area contributed by atoms with Crippen LogP contribution in [-0.4, -0.2) is 21.8 Å². The fraction of sp³-hybridized carbons (Fsp3) is 0.143. The van der Waals surface area contributed by atoms with Crippen molar-refractivity contribution in [1.29, 1.82) is 5.26 Å². The van der Waals surface area contributed by atoms with Crippen molar-refractivity contribution < 1.29 is 9.53 Å². The van der Waals surface area contributed by atoms with E-state index in [1.807, 2.05) is 62.4 Å². The number of carbonyl (C=O) groups is 1. The van der Waals surface area contributed by atoms with Gasteiger partial charge in [-0.05, 0) is 61.2 Å². The van der Waals surface area contributed by atoms with E-state index in [2.05, 4.69) is 10.3 Å². The lowest BCUT2D eigenvalue weighted by Crippen LogP contribution is -2.27. The molecular weight excluding hydrogens is 440 g/mol. The molecule has 0 spiro atoms. The topological polar surface area (TPSA) is 96.5 Å². The second-order valence-electron chi connectivity index (χ2n) is 8.03. The molecule has 1 amide bonds. The fourth-order valence-electron chi connectivity index (χ4n) is 3.58. The Morgan fingerprint density at radius 1 is 1.09 bits per heavy atom. The number of pyridine rings is 1. The van der Waals surface area contributed by atoms with Gasteiger partial charge < -0.3 is 10.1 Å². The molecular formula is C28H24N4O3. The third-order valence-electron chi connectivity index (χ3n) is 5.69. The third-order valence-corrected chi connectivity index (χ3v) is 5.69. The first-order valence-corrected chi connectivity index (χ1v) is 11.2. The molecule has 4 rings (SSSR count). The van der Waals surface area contributed by atoms with Crippen LogP contribution in [0.3, 0.4) is 0 Å². The molecule has 0 atom stereocenters. The number of benzene rings is 2. The molecule has 0 fully saturated rings. The van der Waals surface area contributed by atoms with E-state index in [0.717, 1.165) is 16.7 Å². The maximum atomic E-state index is 13.3. The SMILES string of the molecule is Cc1cccc(Oc2nc3ccccn3c(=O)c2C=C(C#N)C(=O)NCCc2ccccc2)c1C. The Hall–Kier alpha value is -4.70. The van der Waals surface area contributed by atoms with E-state index >= 15 is 0 Å². The van der Waals surface area contributed by atoms with E-state index in [0.29, 0.717) is 24.4 Å². The number of hydrogen-bond acceptors (Lipinski definition) is 5. The van der Waals surface area contributed by atoms with Gasteiger partial charge in [0.1, 0.15) is 28.6 Å². The first-order chi connectivity index (χ1) is 17.0. The molecule has 0 saturated heterocycles. The van der Waals surface area contributed by atoms with Gasteiger partial charge in [-0.15, -0.1) is 0 Å². The number of nitrogens with zero attached hydrogens (tertiary/aromatic N) is 3. The molecule has 0 unspecified atom stereocenters. The Balaban J connectivity index is 1.70. The fourth-order valence-corrected chi connectivity index (χ4v) is 3.58. The highest BCUT2D eigenvalue weighted by molar-refractivity contribution is 6.01. The predicted molar refractivity (Wildman–Crippen MR) is 134 cm³/mol. The van der Waals surface area contributed by atoms with Gasteiger partial charge in [-0.1, -0.05) is 48.5 Å². The molecule has 2 aromatic heterocycles. The summed E-state index contributed by atoms with van der Waals surface area (Å²) in [5, 5.41) is 12.4. The number of nitrogens with one attached hydrogen (secondary N) is 1. The van der Waals surface area contributed by atoms with Crippen molar-refractivity contribution in [1.82, 2.24) is 14.7 Å². The standard InChI is InChI=1S/C28H24N4O3/c1-19-9-8-12-24(20(19)2)35-27-23(28(34)32-16-7-6-13-25(32)31-27)17-22(18-29)26(33)30-15-14-21-10-4-3-5-11-21/h3-13,16-17H,14-15H2,1-2H3,(H,30,33). The number of carbonyl (C=O) groups excluding carboxylic acids is 1. The van der Waals surface area contributed by atoms with Crippen molar-refractivity contribution in [2.24, 2.45) is 0 Å². The maximum absolute atomic E-state index is 13.3. The van der Waals surface area contributed by atoms with Gasteiger partial charge in [-0.25, -0.2) is 0 Å². The smallest absolute Gasteiger partial charge is 0.269 e. The minimum Gasteiger partial charge on any atom is -0.438 e. The lowest BCUT2D eigenvalue weighted by molar-refractivity contribution is -0.117. The Bertz CT molecular complexity index is 1520. The van der Waals surface area contributed by atoms with Gasteiger partial charge in [-0.2, -0.15) is 10.2 Å². The largest absolute Gasteiger partial charge is 0.438 e. The van der Waals surface area contributed by atoms with Crippen molar-refractivity contribution in [3.05, 3.63) is 111 Å². The van der Waals surface area contributed by atoms with Crippen LogP contribution in [0.25, 0.3) is 11.7 Å². The number of nitriles is 1. The van der Waals surface area contributed by atoms with Crippen LogP contribution in [0.5, 0.6) is 11.6 Å². The monoisotopic (exact) mass is 464 g/mol. The number of ether oxygens (including phenoxy) is 1. The number of hydrogen-bond donors (Lipinski definition) is 1. The molecule has 174 valence electrons. The van der Waals surface area contributed by atoms with Gasteiger partial charge in [0.05, 0.1) is 0 Å². The number of amides is 1. The average molecular weight is 465 g/mol. The zero-order valence-electron chi connectivity index (χ0n) is 19.5. The summed E-state index contributed by atoms with van der Waals surface area (Å²) in [5.74, 6) is -0.00365. The number of aryl methyl sites for hydroxylation is 1. The van der Waals surface area contributed by atoms with E-state index in [4.69, 9.17) is 4.74 Å². The van der Waals surface area contributed by atoms with Gasteiger partial charge in [-0.3, -0.25) is 14.0 Å². The highest BCUT2D eigenvalue weighted by Gasteiger charge is 2.18. The molecule has 7 heteroatoms. The normalized spacial score (nSPS) is 11.2. The second-order valence-corrected chi connectivity index (χ2v) is 8.03. The van der Waals surface area contributed by atoms with Crippen LogP contribution in [0.4, 0.5) is 0 Å². The van der Waals surface area contributed by atoms with Crippen molar-refractivity contribution in [3.8, 4) is 17.7 Å². The Labute approximate surface area is 203 Å². The van der Waals surface area contributed by atoms with E-state index in [9.17, 15) is 14.9 Å². The third kappa shape index (κ3) is 5.28.